The first-order valence-corrected chi connectivity index (χ1v) is 15.4. The third-order valence-electron chi connectivity index (χ3n) is 8.61. The zero-order chi connectivity index (χ0) is 30.9. The van der Waals surface area contributed by atoms with Gasteiger partial charge < -0.3 is 29.7 Å². The van der Waals surface area contributed by atoms with Crippen molar-refractivity contribution in [1.82, 2.24) is 15.1 Å². The second kappa shape index (κ2) is 15.7. The van der Waals surface area contributed by atoms with E-state index in [0.29, 0.717) is 25.8 Å². The molecule has 0 saturated carbocycles. The molecule has 42 heavy (non-hydrogen) atoms. The van der Waals surface area contributed by atoms with Gasteiger partial charge in [-0.15, -0.1) is 0 Å². The number of rotatable bonds is 11. The third kappa shape index (κ3) is 9.70. The van der Waals surface area contributed by atoms with Crippen LogP contribution in [0.5, 0.6) is 0 Å². The van der Waals surface area contributed by atoms with Gasteiger partial charge in [0.1, 0.15) is 12.0 Å². The van der Waals surface area contributed by atoms with E-state index in [-0.39, 0.29) is 42.5 Å². The number of carbonyl (C=O) groups is 2. The van der Waals surface area contributed by atoms with E-state index in [1.807, 2.05) is 37.3 Å². The molecule has 2 amide bonds. The summed E-state index contributed by atoms with van der Waals surface area (Å²) in [6, 6.07) is 11.5. The number of benzene rings is 1. The maximum Gasteiger partial charge on any atom is 0.475 e. The van der Waals surface area contributed by atoms with Gasteiger partial charge in [-0.1, -0.05) is 43.7 Å². The molecule has 2 saturated heterocycles. The molecule has 1 aromatic rings. The molecule has 2 aliphatic rings. The molecule has 2 fully saturated rings. The van der Waals surface area contributed by atoms with E-state index in [0.717, 1.165) is 31.5 Å². The summed E-state index contributed by atoms with van der Waals surface area (Å²) in [5.41, 5.74) is 0.634. The van der Waals surface area contributed by atoms with E-state index in [2.05, 4.69) is 44.0 Å². The van der Waals surface area contributed by atoms with Crippen LogP contribution in [0.15, 0.2) is 30.3 Å². The van der Waals surface area contributed by atoms with Crippen molar-refractivity contribution in [2.75, 3.05) is 26.2 Å². The molecular weight excluding hydrogens is 535 g/mol. The molecule has 2 aliphatic heterocycles. The number of nitrogens with one attached hydrogen (secondary N) is 1. The largest absolute Gasteiger partial charge is 0.475 e. The van der Waals surface area contributed by atoms with Crippen molar-refractivity contribution in [3.63, 3.8) is 0 Å². The summed E-state index contributed by atoms with van der Waals surface area (Å²) in [7, 11) is -1.76. The number of ether oxygens (including phenoxy) is 2. The highest BCUT2D eigenvalue weighted by atomic mass is 16.6. The molecule has 1 aromatic carbocycles. The third-order valence-corrected chi connectivity index (χ3v) is 8.61. The Morgan fingerprint density at radius 2 is 1.83 bits per heavy atom. The van der Waals surface area contributed by atoms with Crippen LogP contribution in [0.2, 0.25) is 0 Å². The normalized spacial score (nSPS) is 24.0. The zero-order valence-corrected chi connectivity index (χ0v) is 25.9. The molecule has 6 atom stereocenters. The molecule has 2 heterocycles. The Kier molecular flexibility index (Phi) is 12.7. The minimum absolute atomic E-state index is 0.123. The first kappa shape index (κ1) is 33.9. The van der Waals surface area contributed by atoms with Crippen molar-refractivity contribution in [2.24, 2.45) is 11.8 Å². The zero-order valence-electron chi connectivity index (χ0n) is 25.9. The van der Waals surface area contributed by atoms with Crippen LogP contribution in [0.25, 0.3) is 0 Å². The Labute approximate surface area is 251 Å². The van der Waals surface area contributed by atoms with Gasteiger partial charge in [-0.2, -0.15) is 5.26 Å². The van der Waals surface area contributed by atoms with E-state index >= 15 is 0 Å². The quantitative estimate of drug-likeness (QED) is 0.338. The van der Waals surface area contributed by atoms with Crippen LogP contribution in [0.4, 0.5) is 4.79 Å². The maximum atomic E-state index is 13.8. The van der Waals surface area contributed by atoms with Crippen molar-refractivity contribution >= 4 is 19.1 Å². The van der Waals surface area contributed by atoms with Crippen LogP contribution < -0.4 is 5.32 Å². The molecule has 2 unspecified atom stereocenters. The van der Waals surface area contributed by atoms with Gasteiger partial charge in [0.2, 0.25) is 5.91 Å². The molecule has 11 heteroatoms. The average Bonchev–Trinajstić information content (AvgIpc) is 3.17. The topological polar surface area (TPSA) is 135 Å². The summed E-state index contributed by atoms with van der Waals surface area (Å²) in [6.45, 7) is 12.9. The second-order valence-corrected chi connectivity index (χ2v) is 12.6. The van der Waals surface area contributed by atoms with Crippen molar-refractivity contribution in [1.29, 1.82) is 5.26 Å². The number of amides is 2. The van der Waals surface area contributed by atoms with E-state index < -0.39 is 31.2 Å². The molecular formula is C31H49BN4O6. The fraction of sp³-hybridized carbons (Fsp3) is 0.710. The number of nitrogens with zero attached hydrogens (tertiary/aromatic N) is 3. The van der Waals surface area contributed by atoms with Gasteiger partial charge in [-0.05, 0) is 71.3 Å². The fourth-order valence-electron chi connectivity index (χ4n) is 6.33. The van der Waals surface area contributed by atoms with E-state index in [4.69, 9.17) is 9.47 Å². The number of morpholine rings is 1. The van der Waals surface area contributed by atoms with Crippen LogP contribution in [0.1, 0.15) is 72.3 Å². The number of likely N-dealkylation sites (tertiary alicyclic amines) is 1. The SMILES string of the molecule is CCC(CC(C)(C)N1C[C@H](C)O[C@@H](C)C1)C(C#N)C(=O)N1CCCC[C@@H](OC(=O)N[C@@H](Cc2ccccc2)B(O)O)C1. The molecule has 3 rings (SSSR count). The van der Waals surface area contributed by atoms with Gasteiger partial charge in [0.05, 0.1) is 30.8 Å². The van der Waals surface area contributed by atoms with Gasteiger partial charge in [-0.3, -0.25) is 9.69 Å². The lowest BCUT2D eigenvalue weighted by Gasteiger charge is -2.46. The highest BCUT2D eigenvalue weighted by Crippen LogP contribution is 2.33. The smallest absolute Gasteiger partial charge is 0.444 e. The van der Waals surface area contributed by atoms with E-state index in [1.54, 1.807) is 4.90 Å². The van der Waals surface area contributed by atoms with Crippen LogP contribution >= 0.6 is 0 Å². The Morgan fingerprint density at radius 1 is 1.17 bits per heavy atom. The van der Waals surface area contributed by atoms with Crippen LogP contribution in [0, 0.1) is 23.2 Å². The Morgan fingerprint density at radius 3 is 2.43 bits per heavy atom. The summed E-state index contributed by atoms with van der Waals surface area (Å²) in [6.07, 6.45) is 2.67. The molecule has 0 spiro atoms. The lowest BCUT2D eigenvalue weighted by atomic mass is 9.76. The molecule has 0 aromatic heterocycles. The lowest BCUT2D eigenvalue weighted by molar-refractivity contribution is -0.137. The number of alkyl carbamates (subject to hydrolysis) is 1. The number of hydrogen-bond donors (Lipinski definition) is 3. The Hall–Kier alpha value is -2.65. The molecule has 0 aliphatic carbocycles. The lowest BCUT2D eigenvalue weighted by Crippen LogP contribution is -2.56. The molecule has 232 valence electrons. The molecule has 0 radical (unpaired) electrons. The van der Waals surface area contributed by atoms with Crippen molar-refractivity contribution in [2.45, 2.75) is 103 Å². The first-order valence-electron chi connectivity index (χ1n) is 15.4. The number of hydrogen-bond acceptors (Lipinski definition) is 8. The molecule has 0 bridgehead atoms. The maximum absolute atomic E-state index is 13.8. The Bertz CT molecular complexity index is 1040. The monoisotopic (exact) mass is 584 g/mol. The van der Waals surface area contributed by atoms with Crippen LogP contribution in [0.3, 0.4) is 0 Å². The predicted octanol–water partition coefficient (Wildman–Crippen LogP) is 3.16. The van der Waals surface area contributed by atoms with Gasteiger partial charge in [-0.25, -0.2) is 4.79 Å². The van der Waals surface area contributed by atoms with Gasteiger partial charge in [0.25, 0.3) is 0 Å². The minimum atomic E-state index is -1.76. The van der Waals surface area contributed by atoms with E-state index in [1.165, 1.54) is 0 Å². The number of nitriles is 1. The summed E-state index contributed by atoms with van der Waals surface area (Å²) in [5.74, 6) is -2.08. The summed E-state index contributed by atoms with van der Waals surface area (Å²) < 4.78 is 11.6. The van der Waals surface area contributed by atoms with Crippen molar-refractivity contribution < 1.29 is 29.1 Å². The van der Waals surface area contributed by atoms with Crippen LogP contribution in [-0.2, 0) is 20.7 Å². The van der Waals surface area contributed by atoms with Gasteiger partial charge >= 0.3 is 13.2 Å². The highest BCUT2D eigenvalue weighted by molar-refractivity contribution is 6.43. The number of carbonyl (C=O) groups excluding carboxylic acids is 2. The van der Waals surface area contributed by atoms with Gasteiger partial charge in [0, 0.05) is 25.2 Å². The standard InChI is InChI=1S/C31H49BN4O6/c1-6-25(17-31(4,5)36-19-22(2)41-23(3)20-36)27(18-33)29(37)35-15-11-10-14-26(21-35)42-30(38)34-28(32(39)40)16-24-12-8-7-9-13-24/h7-9,12-13,22-23,25-28,39-40H,6,10-11,14-17,19-21H2,1-5H3,(H,34,38)/t22-,23-,25?,26+,27?,28-/m0/s1. The summed E-state index contributed by atoms with van der Waals surface area (Å²) >= 11 is 0. The fourth-order valence-corrected chi connectivity index (χ4v) is 6.33. The van der Waals surface area contributed by atoms with Crippen LogP contribution in [-0.4, -0.2) is 94.9 Å². The summed E-state index contributed by atoms with van der Waals surface area (Å²) in [5, 5.41) is 32.4. The Balaban J connectivity index is 1.63. The van der Waals surface area contributed by atoms with Gasteiger partial charge in [0.15, 0.2) is 0 Å². The predicted molar refractivity (Wildman–Crippen MR) is 161 cm³/mol. The second-order valence-electron chi connectivity index (χ2n) is 12.6. The molecule has 3 N–H and O–H groups in total. The van der Waals surface area contributed by atoms with Crippen molar-refractivity contribution in [3.05, 3.63) is 35.9 Å². The highest BCUT2D eigenvalue weighted by Gasteiger charge is 2.40. The average molecular weight is 585 g/mol. The van der Waals surface area contributed by atoms with E-state index in [9.17, 15) is 24.9 Å². The van der Waals surface area contributed by atoms with Crippen molar-refractivity contribution in [3.8, 4) is 6.07 Å². The first-order chi connectivity index (χ1) is 19.9. The minimum Gasteiger partial charge on any atom is -0.444 e. The summed E-state index contributed by atoms with van der Waals surface area (Å²) in [4.78, 5) is 30.7. The molecule has 10 nitrogen and oxygen atoms in total.